The molecule has 10 heteroatoms. The highest BCUT2D eigenvalue weighted by Crippen LogP contribution is 2.35. The maximum Gasteiger partial charge on any atom is 0.376 e. The zero-order valence-electron chi connectivity index (χ0n) is 15.0. The quantitative estimate of drug-likeness (QED) is 0.786. The molecule has 1 aromatic carbocycles. The van der Waals surface area contributed by atoms with E-state index >= 15 is 0 Å². The summed E-state index contributed by atoms with van der Waals surface area (Å²) in [5, 5.41) is 13.9. The van der Waals surface area contributed by atoms with Crippen LogP contribution < -0.4 is 15.2 Å². The van der Waals surface area contributed by atoms with Gasteiger partial charge in [-0.25, -0.2) is 8.78 Å². The normalized spacial score (nSPS) is 22.0. The van der Waals surface area contributed by atoms with Crippen LogP contribution in [-0.2, 0) is 0 Å². The second kappa shape index (κ2) is 6.61. The molecule has 27 heavy (non-hydrogen) atoms. The summed E-state index contributed by atoms with van der Waals surface area (Å²) in [7, 11) is -0.560. The van der Waals surface area contributed by atoms with Crippen molar-refractivity contribution < 1.29 is 18.5 Å². The summed E-state index contributed by atoms with van der Waals surface area (Å²) in [6, 6.07) is 2.78. The van der Waals surface area contributed by atoms with Crippen molar-refractivity contribution in [2.45, 2.75) is 25.9 Å². The Morgan fingerprint density at radius 1 is 1.26 bits per heavy atom. The first-order chi connectivity index (χ1) is 12.8. The molecule has 0 radical (unpaired) electrons. The predicted molar refractivity (Wildman–Crippen MR) is 96.4 cm³/mol. The van der Waals surface area contributed by atoms with Crippen molar-refractivity contribution in [2.24, 2.45) is 0 Å². The van der Waals surface area contributed by atoms with Crippen molar-refractivity contribution in [2.75, 3.05) is 24.5 Å². The van der Waals surface area contributed by atoms with Crippen LogP contribution in [0.1, 0.15) is 6.92 Å². The lowest BCUT2D eigenvalue weighted by Crippen LogP contribution is -2.63. The van der Waals surface area contributed by atoms with Gasteiger partial charge >= 0.3 is 12.6 Å². The average Bonchev–Trinajstić information content (AvgIpc) is 2.61. The average molecular weight is 376 g/mol. The van der Waals surface area contributed by atoms with E-state index < -0.39 is 24.2 Å². The number of benzene rings is 1. The van der Waals surface area contributed by atoms with Gasteiger partial charge in [-0.15, -0.1) is 0 Å². The minimum absolute atomic E-state index is 0.00222. The molecule has 0 aliphatic carbocycles. The van der Waals surface area contributed by atoms with Crippen LogP contribution in [0.15, 0.2) is 29.2 Å². The molecule has 1 aromatic heterocycles. The molecule has 1 N–H and O–H groups in total. The highest BCUT2D eigenvalue weighted by atomic mass is 19.1. The Morgan fingerprint density at radius 3 is 2.63 bits per heavy atom. The van der Waals surface area contributed by atoms with Crippen LogP contribution in [0, 0.1) is 11.6 Å². The first-order valence-corrected chi connectivity index (χ1v) is 8.79. The first-order valence-electron chi connectivity index (χ1n) is 8.79. The first kappa shape index (κ1) is 17.9. The Labute approximate surface area is 154 Å². The van der Waals surface area contributed by atoms with Crippen molar-refractivity contribution in [1.29, 1.82) is 0 Å². The zero-order chi connectivity index (χ0) is 19.3. The van der Waals surface area contributed by atoms with Crippen LogP contribution in [0.2, 0.25) is 6.82 Å². The number of nitrogens with zero attached hydrogens (tertiary/aromatic N) is 4. The van der Waals surface area contributed by atoms with Gasteiger partial charge in [0.15, 0.2) is 0 Å². The van der Waals surface area contributed by atoms with Gasteiger partial charge in [0.05, 0.1) is 17.9 Å². The van der Waals surface area contributed by atoms with Crippen molar-refractivity contribution >= 4 is 12.7 Å². The summed E-state index contributed by atoms with van der Waals surface area (Å²) in [6.07, 6.45) is 1.18. The van der Waals surface area contributed by atoms with Gasteiger partial charge in [-0.1, -0.05) is 0 Å². The molecule has 0 spiro atoms. The molecule has 0 bridgehead atoms. The number of aromatic nitrogens is 2. The molecule has 2 aliphatic heterocycles. The maximum absolute atomic E-state index is 13.5. The predicted octanol–water partition coefficient (Wildman–Crippen LogP) is 0.892. The minimum Gasteiger partial charge on any atom is -0.481 e. The topological polar surface area (TPSA) is 70.8 Å². The number of fused-ring (bicyclic) bond motifs is 3. The van der Waals surface area contributed by atoms with Crippen molar-refractivity contribution in [3.63, 3.8) is 0 Å². The van der Waals surface area contributed by atoms with Gasteiger partial charge < -0.3 is 19.5 Å². The molecule has 3 heterocycles. The van der Waals surface area contributed by atoms with Gasteiger partial charge in [-0.2, -0.15) is 9.78 Å². The third-order valence-corrected chi connectivity index (χ3v) is 5.14. The molecular weight excluding hydrogens is 357 g/mol. The lowest BCUT2D eigenvalue weighted by molar-refractivity contribution is 0.132. The van der Waals surface area contributed by atoms with Crippen LogP contribution in [-0.4, -0.2) is 58.4 Å². The van der Waals surface area contributed by atoms with E-state index in [2.05, 4.69) is 5.10 Å². The standard InChI is InChI=1S/C17H19BF2N4O3/c1-10-15-9-22(18(2)26)3-4-23(15)14-8-21-24(17(25)16(14)27-10)13-6-11(19)5-12(20)7-13/h5-8,10,15,26H,3-4,9H2,1-2H3. The number of ether oxygens (including phenoxy) is 1. The fourth-order valence-corrected chi connectivity index (χ4v) is 3.73. The number of rotatable bonds is 2. The van der Waals surface area contributed by atoms with Crippen LogP contribution in [0.25, 0.3) is 5.69 Å². The molecule has 4 rings (SSSR count). The van der Waals surface area contributed by atoms with Crippen molar-refractivity contribution in [3.05, 3.63) is 46.4 Å². The summed E-state index contributed by atoms with van der Waals surface area (Å²) in [4.78, 5) is 16.9. The molecule has 1 saturated heterocycles. The highest BCUT2D eigenvalue weighted by Gasteiger charge is 2.40. The lowest BCUT2D eigenvalue weighted by Gasteiger charge is -2.48. The second-order valence-electron chi connectivity index (χ2n) is 6.91. The third kappa shape index (κ3) is 3.08. The Kier molecular flexibility index (Phi) is 4.39. The van der Waals surface area contributed by atoms with E-state index in [0.717, 1.165) is 22.9 Å². The number of hydrogen-bond donors (Lipinski definition) is 1. The molecule has 0 amide bonds. The number of halogens is 2. The van der Waals surface area contributed by atoms with E-state index in [-0.39, 0.29) is 23.6 Å². The summed E-state index contributed by atoms with van der Waals surface area (Å²) < 4.78 is 33.9. The fourth-order valence-electron chi connectivity index (χ4n) is 3.73. The number of piperazine rings is 1. The largest absolute Gasteiger partial charge is 0.481 e. The van der Waals surface area contributed by atoms with Gasteiger partial charge in [-0.3, -0.25) is 4.79 Å². The Morgan fingerprint density at radius 2 is 1.96 bits per heavy atom. The summed E-state index contributed by atoms with van der Waals surface area (Å²) in [5.41, 5.74) is -0.0141. The maximum atomic E-state index is 13.5. The van der Waals surface area contributed by atoms with Crippen LogP contribution in [0.3, 0.4) is 0 Å². The summed E-state index contributed by atoms with van der Waals surface area (Å²) >= 11 is 0. The van der Waals surface area contributed by atoms with Gasteiger partial charge in [0.2, 0.25) is 5.75 Å². The van der Waals surface area contributed by atoms with Crippen LogP contribution >= 0.6 is 0 Å². The van der Waals surface area contributed by atoms with Gasteiger partial charge in [0, 0.05) is 25.7 Å². The highest BCUT2D eigenvalue weighted by molar-refractivity contribution is 6.45. The lowest BCUT2D eigenvalue weighted by atomic mass is 9.82. The van der Waals surface area contributed by atoms with Crippen molar-refractivity contribution in [3.8, 4) is 11.4 Å². The molecule has 2 aromatic rings. The minimum atomic E-state index is -0.792. The van der Waals surface area contributed by atoms with E-state index in [0.29, 0.717) is 25.3 Å². The van der Waals surface area contributed by atoms with E-state index in [4.69, 9.17) is 4.74 Å². The molecule has 7 nitrogen and oxygen atoms in total. The van der Waals surface area contributed by atoms with E-state index in [9.17, 15) is 18.6 Å². The molecule has 2 atom stereocenters. The summed E-state index contributed by atoms with van der Waals surface area (Å²) in [6.45, 7) is 5.42. The Balaban J connectivity index is 1.74. The fraction of sp³-hybridized carbons (Fsp3) is 0.412. The second-order valence-corrected chi connectivity index (χ2v) is 6.91. The van der Waals surface area contributed by atoms with Gasteiger partial charge in [-0.05, 0) is 25.9 Å². The van der Waals surface area contributed by atoms with Crippen molar-refractivity contribution in [1.82, 2.24) is 14.6 Å². The molecule has 142 valence electrons. The molecule has 2 unspecified atom stereocenters. The van der Waals surface area contributed by atoms with E-state index in [1.54, 1.807) is 6.82 Å². The monoisotopic (exact) mass is 376 g/mol. The zero-order valence-corrected chi connectivity index (χ0v) is 15.0. The Hall–Kier alpha value is -2.46. The third-order valence-electron chi connectivity index (χ3n) is 5.14. The molecule has 0 saturated carbocycles. The van der Waals surface area contributed by atoms with E-state index in [1.807, 2.05) is 16.6 Å². The van der Waals surface area contributed by atoms with Gasteiger partial charge in [0.25, 0.3) is 0 Å². The number of hydrogen-bond acceptors (Lipinski definition) is 6. The Bertz CT molecular complexity index is 919. The van der Waals surface area contributed by atoms with Crippen LogP contribution in [0.4, 0.5) is 14.5 Å². The number of anilines is 1. The van der Waals surface area contributed by atoms with E-state index in [1.165, 1.54) is 6.20 Å². The van der Waals surface area contributed by atoms with Gasteiger partial charge in [0.1, 0.15) is 23.4 Å². The summed E-state index contributed by atoms with van der Waals surface area (Å²) in [5.74, 6) is -1.47. The SMILES string of the molecule is CB(O)N1CCN2c3cnn(-c4cc(F)cc(F)c4)c(=O)c3OC(C)C2C1. The van der Waals surface area contributed by atoms with Crippen LogP contribution in [0.5, 0.6) is 5.75 Å². The smallest absolute Gasteiger partial charge is 0.376 e. The molecular formula is C17H19BF2N4O3. The molecule has 2 aliphatic rings. The molecule has 1 fully saturated rings.